The first-order valence-corrected chi connectivity index (χ1v) is 10.1. The number of carbonyl (C=O) groups excluding carboxylic acids is 3. The van der Waals surface area contributed by atoms with Gasteiger partial charge < -0.3 is 14.8 Å². The van der Waals surface area contributed by atoms with E-state index >= 15 is 0 Å². The molecule has 0 atom stereocenters. The van der Waals surface area contributed by atoms with Gasteiger partial charge in [-0.05, 0) is 61.9 Å². The van der Waals surface area contributed by atoms with Crippen LogP contribution in [0, 0.1) is 6.92 Å². The quantitative estimate of drug-likeness (QED) is 0.566. The van der Waals surface area contributed by atoms with Gasteiger partial charge in [0, 0.05) is 28.2 Å². The average Bonchev–Trinajstić information content (AvgIpc) is 3.03. The highest BCUT2D eigenvalue weighted by molar-refractivity contribution is 6.30. The van der Waals surface area contributed by atoms with Crippen LogP contribution in [0.15, 0.2) is 42.5 Å². The Morgan fingerprint density at radius 1 is 1.10 bits per heavy atom. The monoisotopic (exact) mass is 442 g/mol. The molecule has 0 aliphatic heterocycles. The van der Waals surface area contributed by atoms with Gasteiger partial charge in [-0.3, -0.25) is 19.0 Å². The molecule has 0 saturated carbocycles. The molecule has 0 aliphatic rings. The first-order valence-electron chi connectivity index (χ1n) is 9.76. The van der Waals surface area contributed by atoms with E-state index in [0.29, 0.717) is 45.0 Å². The third-order valence-corrected chi connectivity index (χ3v) is 5.15. The molecule has 162 valence electrons. The summed E-state index contributed by atoms with van der Waals surface area (Å²) in [5.74, 6) is -0.573. The SMILES string of the molecule is CCNC(=O)COC(=O)Cc1c(C)n(C(=O)c2ccc(Cl)cc2)c2ccc(OC)cc12. The maximum Gasteiger partial charge on any atom is 0.310 e. The van der Waals surface area contributed by atoms with Crippen molar-refractivity contribution in [1.29, 1.82) is 0 Å². The number of esters is 1. The second-order valence-corrected chi connectivity index (χ2v) is 7.32. The molecule has 1 heterocycles. The molecule has 31 heavy (non-hydrogen) atoms. The normalized spacial score (nSPS) is 10.7. The molecular weight excluding hydrogens is 420 g/mol. The van der Waals surface area contributed by atoms with Crippen LogP contribution in [0.1, 0.15) is 28.5 Å². The minimum Gasteiger partial charge on any atom is -0.497 e. The van der Waals surface area contributed by atoms with Gasteiger partial charge in [0.05, 0.1) is 19.0 Å². The van der Waals surface area contributed by atoms with Crippen molar-refractivity contribution in [2.45, 2.75) is 20.3 Å². The van der Waals surface area contributed by atoms with E-state index in [1.54, 1.807) is 68.0 Å². The summed E-state index contributed by atoms with van der Waals surface area (Å²) < 4.78 is 12.0. The maximum absolute atomic E-state index is 13.3. The third kappa shape index (κ3) is 4.88. The molecule has 8 heteroatoms. The van der Waals surface area contributed by atoms with E-state index in [1.165, 1.54) is 0 Å². The van der Waals surface area contributed by atoms with Crippen molar-refractivity contribution < 1.29 is 23.9 Å². The number of nitrogens with one attached hydrogen (secondary N) is 1. The van der Waals surface area contributed by atoms with Crippen LogP contribution in [-0.2, 0) is 20.7 Å². The number of halogens is 1. The van der Waals surface area contributed by atoms with Gasteiger partial charge in [-0.15, -0.1) is 0 Å². The highest BCUT2D eigenvalue weighted by atomic mass is 35.5. The van der Waals surface area contributed by atoms with Crippen molar-refractivity contribution in [2.24, 2.45) is 0 Å². The number of benzene rings is 2. The van der Waals surface area contributed by atoms with Gasteiger partial charge in [0.1, 0.15) is 5.75 Å². The van der Waals surface area contributed by atoms with E-state index in [1.807, 2.05) is 0 Å². The zero-order chi connectivity index (χ0) is 22.5. The van der Waals surface area contributed by atoms with E-state index < -0.39 is 5.97 Å². The molecule has 3 rings (SSSR count). The molecule has 0 aliphatic carbocycles. The molecule has 3 aromatic rings. The van der Waals surface area contributed by atoms with Gasteiger partial charge in [0.2, 0.25) is 0 Å². The fraction of sp³-hybridized carbons (Fsp3) is 0.261. The van der Waals surface area contributed by atoms with Crippen molar-refractivity contribution in [2.75, 3.05) is 20.3 Å². The minimum atomic E-state index is -0.560. The summed E-state index contributed by atoms with van der Waals surface area (Å²) in [5.41, 5.74) is 2.35. The van der Waals surface area contributed by atoms with Gasteiger partial charge in [0.25, 0.3) is 11.8 Å². The number of ether oxygens (including phenoxy) is 2. The molecule has 0 bridgehead atoms. The van der Waals surface area contributed by atoms with Gasteiger partial charge >= 0.3 is 5.97 Å². The topological polar surface area (TPSA) is 86.6 Å². The summed E-state index contributed by atoms with van der Waals surface area (Å²) in [4.78, 5) is 37.2. The second kappa shape index (κ2) is 9.66. The molecule has 0 unspecified atom stereocenters. The van der Waals surface area contributed by atoms with Gasteiger partial charge in [-0.2, -0.15) is 0 Å². The molecule has 7 nitrogen and oxygen atoms in total. The number of hydrogen-bond donors (Lipinski definition) is 1. The van der Waals surface area contributed by atoms with Crippen LogP contribution >= 0.6 is 11.6 Å². The summed E-state index contributed by atoms with van der Waals surface area (Å²) in [5, 5.41) is 3.81. The first-order chi connectivity index (χ1) is 14.8. The predicted octanol–water partition coefficient (Wildman–Crippen LogP) is 3.52. The van der Waals surface area contributed by atoms with Gasteiger partial charge in [0.15, 0.2) is 6.61 Å². The summed E-state index contributed by atoms with van der Waals surface area (Å²) in [7, 11) is 1.55. The summed E-state index contributed by atoms with van der Waals surface area (Å²) >= 11 is 5.94. The molecule has 1 N–H and O–H groups in total. The predicted molar refractivity (Wildman–Crippen MR) is 118 cm³/mol. The third-order valence-electron chi connectivity index (χ3n) is 4.90. The number of nitrogens with zero attached hydrogens (tertiary/aromatic N) is 1. The standard InChI is InChI=1S/C23H23ClN2O5/c1-4-25-21(27)13-31-22(28)12-18-14(2)26(20-10-9-17(30-3)11-19(18)20)23(29)15-5-7-16(24)8-6-15/h5-11H,4,12-13H2,1-3H3,(H,25,27). The Balaban J connectivity index is 1.99. The number of methoxy groups -OCH3 is 1. The summed E-state index contributed by atoms with van der Waals surface area (Å²) in [6.07, 6.45) is -0.0875. The van der Waals surface area contributed by atoms with Crippen LogP contribution in [0.2, 0.25) is 5.02 Å². The van der Waals surface area contributed by atoms with Crippen LogP contribution in [0.3, 0.4) is 0 Å². The van der Waals surface area contributed by atoms with Crippen molar-refractivity contribution >= 4 is 40.3 Å². The van der Waals surface area contributed by atoms with Gasteiger partial charge in [-0.25, -0.2) is 0 Å². The highest BCUT2D eigenvalue weighted by Crippen LogP contribution is 2.31. The van der Waals surface area contributed by atoms with Crippen molar-refractivity contribution in [3.05, 3.63) is 64.3 Å². The zero-order valence-electron chi connectivity index (χ0n) is 17.5. The molecule has 0 fully saturated rings. The lowest BCUT2D eigenvalue weighted by Crippen LogP contribution is -2.28. The Bertz CT molecular complexity index is 1140. The van der Waals surface area contributed by atoms with E-state index in [4.69, 9.17) is 21.1 Å². The number of likely N-dealkylation sites (N-methyl/N-ethyl adjacent to an activating group) is 1. The number of aromatic nitrogens is 1. The fourth-order valence-electron chi connectivity index (χ4n) is 3.39. The molecule has 0 radical (unpaired) electrons. The van der Waals surface area contributed by atoms with Crippen molar-refractivity contribution in [1.82, 2.24) is 9.88 Å². The Morgan fingerprint density at radius 3 is 2.45 bits per heavy atom. The van der Waals surface area contributed by atoms with Crippen LogP contribution in [0.4, 0.5) is 0 Å². The zero-order valence-corrected chi connectivity index (χ0v) is 18.3. The van der Waals surface area contributed by atoms with Crippen LogP contribution in [-0.4, -0.2) is 42.6 Å². The molecule has 0 saturated heterocycles. The smallest absolute Gasteiger partial charge is 0.310 e. The Kier molecular flexibility index (Phi) is 6.97. The first kappa shape index (κ1) is 22.4. The minimum absolute atomic E-state index is 0.0875. The number of amides is 1. The van der Waals surface area contributed by atoms with E-state index in [9.17, 15) is 14.4 Å². The second-order valence-electron chi connectivity index (χ2n) is 6.89. The Labute approximate surface area is 184 Å². The largest absolute Gasteiger partial charge is 0.497 e. The average molecular weight is 443 g/mol. The lowest BCUT2D eigenvalue weighted by atomic mass is 10.1. The molecule has 1 amide bonds. The van der Waals surface area contributed by atoms with E-state index in [-0.39, 0.29) is 24.8 Å². The Hall–Kier alpha value is -3.32. The molecule has 2 aromatic carbocycles. The van der Waals surface area contributed by atoms with Crippen molar-refractivity contribution in [3.8, 4) is 5.75 Å². The number of rotatable bonds is 7. The van der Waals surface area contributed by atoms with E-state index in [0.717, 1.165) is 0 Å². The summed E-state index contributed by atoms with van der Waals surface area (Å²) in [6.45, 7) is 3.66. The lowest BCUT2D eigenvalue weighted by Gasteiger charge is -2.08. The lowest BCUT2D eigenvalue weighted by molar-refractivity contribution is -0.147. The van der Waals surface area contributed by atoms with Gasteiger partial charge in [-0.1, -0.05) is 11.6 Å². The fourth-order valence-corrected chi connectivity index (χ4v) is 3.51. The molecular formula is C23H23ClN2O5. The van der Waals surface area contributed by atoms with Crippen LogP contribution < -0.4 is 10.1 Å². The molecule has 0 spiro atoms. The molecule has 1 aromatic heterocycles. The summed E-state index contributed by atoms with van der Waals surface area (Å²) in [6, 6.07) is 11.9. The van der Waals surface area contributed by atoms with Crippen molar-refractivity contribution in [3.63, 3.8) is 0 Å². The van der Waals surface area contributed by atoms with Crippen LogP contribution in [0.25, 0.3) is 10.9 Å². The number of hydrogen-bond acceptors (Lipinski definition) is 5. The van der Waals surface area contributed by atoms with Crippen LogP contribution in [0.5, 0.6) is 5.75 Å². The highest BCUT2D eigenvalue weighted by Gasteiger charge is 2.22. The van der Waals surface area contributed by atoms with E-state index in [2.05, 4.69) is 5.32 Å². The number of fused-ring (bicyclic) bond motifs is 1. The Morgan fingerprint density at radius 2 is 1.81 bits per heavy atom. The maximum atomic E-state index is 13.3. The number of carbonyl (C=O) groups is 3.